The molecule has 0 saturated carbocycles. The van der Waals surface area contributed by atoms with Gasteiger partial charge >= 0.3 is 0 Å². The first-order valence-corrected chi connectivity index (χ1v) is 11.9. The maximum atomic E-state index is 13.2. The quantitative estimate of drug-likeness (QED) is 0.597. The van der Waals surface area contributed by atoms with Gasteiger partial charge in [-0.05, 0) is 85.9 Å². The number of aromatic nitrogens is 1. The Kier molecular flexibility index (Phi) is 5.92. The highest BCUT2D eigenvalue weighted by Crippen LogP contribution is 2.32. The molecule has 0 aliphatic carbocycles. The molecule has 2 saturated heterocycles. The van der Waals surface area contributed by atoms with E-state index in [1.165, 1.54) is 5.56 Å². The minimum absolute atomic E-state index is 0.0238. The first kappa shape index (κ1) is 21.7. The second-order valence-corrected chi connectivity index (χ2v) is 9.66. The van der Waals surface area contributed by atoms with Crippen LogP contribution in [0.1, 0.15) is 46.5 Å². The van der Waals surface area contributed by atoms with E-state index in [4.69, 9.17) is 4.42 Å². The summed E-state index contributed by atoms with van der Waals surface area (Å²) in [6.07, 6.45) is 7.02. The van der Waals surface area contributed by atoms with E-state index in [-0.39, 0.29) is 11.8 Å². The van der Waals surface area contributed by atoms with Crippen molar-refractivity contribution < 1.29 is 14.0 Å². The Morgan fingerprint density at radius 2 is 1.82 bits per heavy atom. The number of nitrogens with zero attached hydrogens (tertiary/aromatic N) is 3. The molecule has 2 amide bonds. The van der Waals surface area contributed by atoms with Crippen LogP contribution >= 0.6 is 0 Å². The molecule has 2 atom stereocenters. The first-order chi connectivity index (χ1) is 16.0. The number of carbonyl (C=O) groups excluding carboxylic acids is 2. The molecular weight excluding hydrogens is 414 g/mol. The standard InChI is InChI=1S/C27H31N3O3/c1-18-11-23-14-25(33-24(23)12-19(18)2)27(32)30-10-7-22(17-30)21-6-4-9-29(16-21)26(31)13-20-5-3-8-28-15-20/h3,5,8,11-12,14-15,21-22H,4,6-7,9-10,13,16-17H2,1-2H3. The summed E-state index contributed by atoms with van der Waals surface area (Å²) >= 11 is 0. The smallest absolute Gasteiger partial charge is 0.289 e. The van der Waals surface area contributed by atoms with Crippen molar-refractivity contribution in [3.8, 4) is 0 Å². The van der Waals surface area contributed by atoms with Crippen LogP contribution in [0, 0.1) is 25.7 Å². The van der Waals surface area contributed by atoms with E-state index in [0.717, 1.165) is 67.5 Å². The van der Waals surface area contributed by atoms with E-state index >= 15 is 0 Å². The van der Waals surface area contributed by atoms with E-state index in [2.05, 4.69) is 24.9 Å². The van der Waals surface area contributed by atoms with E-state index < -0.39 is 0 Å². The van der Waals surface area contributed by atoms with E-state index in [0.29, 0.717) is 24.0 Å². The fourth-order valence-electron chi connectivity index (χ4n) is 5.33. The average Bonchev–Trinajstić information content (AvgIpc) is 3.47. The summed E-state index contributed by atoms with van der Waals surface area (Å²) in [6.45, 7) is 7.22. The zero-order chi connectivity index (χ0) is 22.9. The number of benzene rings is 1. The van der Waals surface area contributed by atoms with Gasteiger partial charge in [-0.1, -0.05) is 6.07 Å². The molecule has 172 valence electrons. The van der Waals surface area contributed by atoms with Gasteiger partial charge in [-0.15, -0.1) is 0 Å². The maximum Gasteiger partial charge on any atom is 0.289 e. The number of fused-ring (bicyclic) bond motifs is 1. The Labute approximate surface area is 194 Å². The summed E-state index contributed by atoms with van der Waals surface area (Å²) in [5.74, 6) is 1.44. The molecule has 2 fully saturated rings. The number of hydrogen-bond acceptors (Lipinski definition) is 4. The number of furan rings is 1. The Bertz CT molecular complexity index is 1130. The third-order valence-electron chi connectivity index (χ3n) is 7.41. The van der Waals surface area contributed by atoms with Crippen LogP contribution in [-0.4, -0.2) is 52.8 Å². The van der Waals surface area contributed by atoms with Gasteiger partial charge < -0.3 is 14.2 Å². The first-order valence-electron chi connectivity index (χ1n) is 11.9. The van der Waals surface area contributed by atoms with Crippen molar-refractivity contribution in [2.24, 2.45) is 11.8 Å². The third-order valence-corrected chi connectivity index (χ3v) is 7.41. The lowest BCUT2D eigenvalue weighted by atomic mass is 9.84. The van der Waals surface area contributed by atoms with Crippen molar-refractivity contribution in [1.82, 2.24) is 14.8 Å². The predicted molar refractivity (Wildman–Crippen MR) is 127 cm³/mol. The zero-order valence-electron chi connectivity index (χ0n) is 19.4. The summed E-state index contributed by atoms with van der Waals surface area (Å²) in [7, 11) is 0. The molecule has 0 radical (unpaired) electrons. The van der Waals surface area contributed by atoms with Gasteiger partial charge in [0.05, 0.1) is 6.42 Å². The summed E-state index contributed by atoms with van der Waals surface area (Å²) in [6, 6.07) is 9.78. The lowest BCUT2D eigenvalue weighted by Crippen LogP contribution is -2.43. The highest BCUT2D eigenvalue weighted by atomic mass is 16.3. The van der Waals surface area contributed by atoms with Crippen LogP contribution in [0.4, 0.5) is 0 Å². The van der Waals surface area contributed by atoms with Crippen molar-refractivity contribution in [2.45, 2.75) is 39.5 Å². The molecule has 3 aromatic rings. The van der Waals surface area contributed by atoms with Crippen LogP contribution in [0.25, 0.3) is 11.0 Å². The van der Waals surface area contributed by atoms with Crippen LogP contribution in [0.15, 0.2) is 47.1 Å². The number of aryl methyl sites for hydroxylation is 2. The minimum atomic E-state index is -0.0238. The fraction of sp³-hybridized carbons (Fsp3) is 0.444. The molecule has 2 aromatic heterocycles. The molecule has 2 unspecified atom stereocenters. The second-order valence-electron chi connectivity index (χ2n) is 9.66. The van der Waals surface area contributed by atoms with Crippen molar-refractivity contribution in [1.29, 1.82) is 0 Å². The molecule has 33 heavy (non-hydrogen) atoms. The molecule has 0 spiro atoms. The molecule has 1 aromatic carbocycles. The Morgan fingerprint density at radius 1 is 1.03 bits per heavy atom. The second kappa shape index (κ2) is 9.00. The Balaban J connectivity index is 1.21. The summed E-state index contributed by atoms with van der Waals surface area (Å²) in [5.41, 5.74) is 4.09. The zero-order valence-corrected chi connectivity index (χ0v) is 19.4. The average molecular weight is 446 g/mol. The summed E-state index contributed by atoms with van der Waals surface area (Å²) < 4.78 is 5.91. The minimum Gasteiger partial charge on any atom is -0.451 e. The topological polar surface area (TPSA) is 66.7 Å². The van der Waals surface area contributed by atoms with E-state index in [1.54, 1.807) is 12.4 Å². The number of hydrogen-bond donors (Lipinski definition) is 0. The van der Waals surface area contributed by atoms with Crippen molar-refractivity contribution in [3.63, 3.8) is 0 Å². The van der Waals surface area contributed by atoms with Crippen LogP contribution in [0.2, 0.25) is 0 Å². The van der Waals surface area contributed by atoms with Gasteiger partial charge in [-0.3, -0.25) is 14.6 Å². The molecule has 5 rings (SSSR count). The van der Waals surface area contributed by atoms with Gasteiger partial charge in [0.25, 0.3) is 5.91 Å². The van der Waals surface area contributed by atoms with Gasteiger partial charge in [0, 0.05) is 44.0 Å². The number of carbonyl (C=O) groups is 2. The highest BCUT2D eigenvalue weighted by molar-refractivity contribution is 5.96. The number of piperidine rings is 1. The van der Waals surface area contributed by atoms with E-state index in [1.807, 2.05) is 34.1 Å². The normalized spacial score (nSPS) is 21.0. The lowest BCUT2D eigenvalue weighted by molar-refractivity contribution is -0.132. The van der Waals surface area contributed by atoms with Gasteiger partial charge in [-0.25, -0.2) is 0 Å². The van der Waals surface area contributed by atoms with Crippen LogP contribution in [-0.2, 0) is 11.2 Å². The SMILES string of the molecule is Cc1cc2cc(C(=O)N3CCC(C4CCCN(C(=O)Cc5cccnc5)C4)C3)oc2cc1C. The summed E-state index contributed by atoms with van der Waals surface area (Å²) in [4.78, 5) is 34.0. The van der Waals surface area contributed by atoms with Crippen molar-refractivity contribution in [3.05, 3.63) is 65.2 Å². The number of rotatable bonds is 4. The van der Waals surface area contributed by atoms with E-state index in [9.17, 15) is 9.59 Å². The molecule has 0 N–H and O–H groups in total. The Morgan fingerprint density at radius 3 is 2.64 bits per heavy atom. The largest absolute Gasteiger partial charge is 0.451 e. The molecule has 4 heterocycles. The number of pyridine rings is 1. The Hall–Kier alpha value is -3.15. The van der Waals surface area contributed by atoms with Crippen LogP contribution < -0.4 is 0 Å². The molecule has 6 heteroatoms. The highest BCUT2D eigenvalue weighted by Gasteiger charge is 2.36. The third kappa shape index (κ3) is 4.52. The molecule has 0 bridgehead atoms. The van der Waals surface area contributed by atoms with Gasteiger partial charge in [0.15, 0.2) is 5.76 Å². The maximum absolute atomic E-state index is 13.2. The van der Waals surface area contributed by atoms with Gasteiger partial charge in [0.1, 0.15) is 5.58 Å². The fourth-order valence-corrected chi connectivity index (χ4v) is 5.33. The van der Waals surface area contributed by atoms with Gasteiger partial charge in [-0.2, -0.15) is 0 Å². The number of likely N-dealkylation sites (tertiary alicyclic amines) is 2. The van der Waals surface area contributed by atoms with Crippen LogP contribution in [0.3, 0.4) is 0 Å². The molecular formula is C27H31N3O3. The summed E-state index contributed by atoms with van der Waals surface area (Å²) in [5, 5.41) is 0.979. The van der Waals surface area contributed by atoms with Crippen molar-refractivity contribution >= 4 is 22.8 Å². The molecule has 2 aliphatic rings. The lowest BCUT2D eigenvalue weighted by Gasteiger charge is -2.36. The predicted octanol–water partition coefficient (Wildman–Crippen LogP) is 4.39. The molecule has 6 nitrogen and oxygen atoms in total. The monoisotopic (exact) mass is 445 g/mol. The number of amides is 2. The van der Waals surface area contributed by atoms with Gasteiger partial charge in [0.2, 0.25) is 5.91 Å². The van der Waals surface area contributed by atoms with Crippen molar-refractivity contribution in [2.75, 3.05) is 26.2 Å². The van der Waals surface area contributed by atoms with Crippen LogP contribution in [0.5, 0.6) is 0 Å². The molecule has 2 aliphatic heterocycles.